The molecule has 0 fully saturated rings. The summed E-state index contributed by atoms with van der Waals surface area (Å²) in [6.07, 6.45) is 1.44. The van der Waals surface area contributed by atoms with Gasteiger partial charge in [-0.05, 0) is 35.9 Å². The lowest BCUT2D eigenvalue weighted by Crippen LogP contribution is -2.05. The van der Waals surface area contributed by atoms with Crippen LogP contribution in [0.15, 0.2) is 94.9 Å². The van der Waals surface area contributed by atoms with Gasteiger partial charge in [0.15, 0.2) is 0 Å². The number of fused-ring (bicyclic) bond motifs is 1. The second kappa shape index (κ2) is 6.56. The van der Waals surface area contributed by atoms with Crippen molar-refractivity contribution in [3.63, 3.8) is 0 Å². The van der Waals surface area contributed by atoms with E-state index in [0.29, 0.717) is 10.6 Å². The van der Waals surface area contributed by atoms with Gasteiger partial charge in [0, 0.05) is 22.2 Å². The number of hydrogen-bond donors (Lipinski definition) is 0. The monoisotopic (exact) mass is 379 g/mol. The minimum atomic E-state index is -3.71. The molecular weight excluding hydrogens is 366 g/mol. The summed E-state index contributed by atoms with van der Waals surface area (Å²) in [6, 6.07) is 23.1. The second-order valence-electron chi connectivity index (χ2n) is 5.84. The van der Waals surface area contributed by atoms with Crippen LogP contribution in [0.3, 0.4) is 0 Å². The number of hydrogen-bond acceptors (Lipinski definition) is 3. The maximum Gasteiger partial charge on any atom is 0.208 e. The lowest BCUT2D eigenvalue weighted by molar-refractivity contribution is 0.596. The van der Waals surface area contributed by atoms with E-state index < -0.39 is 9.84 Å². The molecule has 4 rings (SSSR count). The van der Waals surface area contributed by atoms with E-state index in [4.69, 9.17) is 11.6 Å². The number of pyridine rings is 1. The van der Waals surface area contributed by atoms with Gasteiger partial charge in [0.2, 0.25) is 9.84 Å². The molecule has 1 aromatic heterocycles. The molecule has 0 aliphatic rings. The normalized spacial score (nSPS) is 11.6. The number of halogens is 1. The van der Waals surface area contributed by atoms with Gasteiger partial charge in [0.05, 0.1) is 15.3 Å². The average Bonchev–Trinajstić information content (AvgIpc) is 2.68. The number of sulfone groups is 1. The number of aromatic nitrogens is 1. The first kappa shape index (κ1) is 16.8. The van der Waals surface area contributed by atoms with Crippen molar-refractivity contribution in [1.82, 2.24) is 4.98 Å². The van der Waals surface area contributed by atoms with Gasteiger partial charge in [-0.2, -0.15) is 0 Å². The molecule has 0 N–H and O–H groups in total. The summed E-state index contributed by atoms with van der Waals surface area (Å²) in [7, 11) is -3.71. The van der Waals surface area contributed by atoms with E-state index in [2.05, 4.69) is 4.98 Å². The predicted molar refractivity (Wildman–Crippen MR) is 104 cm³/mol. The molecule has 3 aromatic carbocycles. The summed E-state index contributed by atoms with van der Waals surface area (Å²) >= 11 is 6.01. The van der Waals surface area contributed by atoms with E-state index in [0.717, 1.165) is 16.5 Å². The quantitative estimate of drug-likeness (QED) is 0.479. The Labute approximate surface area is 156 Å². The Morgan fingerprint density at radius 1 is 0.769 bits per heavy atom. The van der Waals surface area contributed by atoms with E-state index in [1.807, 2.05) is 36.4 Å². The van der Waals surface area contributed by atoms with Crippen LogP contribution < -0.4 is 0 Å². The van der Waals surface area contributed by atoms with Gasteiger partial charge in [-0.25, -0.2) is 8.42 Å². The van der Waals surface area contributed by atoms with Crippen molar-refractivity contribution in [2.24, 2.45) is 0 Å². The van der Waals surface area contributed by atoms with Gasteiger partial charge in [0.25, 0.3) is 0 Å². The molecule has 0 saturated heterocycles. The SMILES string of the molecule is O=S(=O)(c1ccccc1)c1cnc2ccccc2c1-c1ccc(Cl)cc1. The van der Waals surface area contributed by atoms with Gasteiger partial charge in [-0.15, -0.1) is 0 Å². The highest BCUT2D eigenvalue weighted by Crippen LogP contribution is 2.36. The summed E-state index contributed by atoms with van der Waals surface area (Å²) in [4.78, 5) is 4.80. The summed E-state index contributed by atoms with van der Waals surface area (Å²) in [5, 5.41) is 1.38. The molecule has 0 aliphatic heterocycles. The number of benzene rings is 3. The Kier molecular flexibility index (Phi) is 4.23. The second-order valence-corrected chi connectivity index (χ2v) is 8.19. The molecule has 0 bridgehead atoms. The molecule has 26 heavy (non-hydrogen) atoms. The molecule has 0 amide bonds. The summed E-state index contributed by atoms with van der Waals surface area (Å²) in [5.41, 5.74) is 2.16. The van der Waals surface area contributed by atoms with Crippen LogP contribution >= 0.6 is 11.6 Å². The molecule has 5 heteroatoms. The van der Waals surface area contributed by atoms with Crippen LogP contribution in [0, 0.1) is 0 Å². The smallest absolute Gasteiger partial charge is 0.208 e. The molecule has 1 heterocycles. The van der Waals surface area contributed by atoms with Crippen LogP contribution in [0.5, 0.6) is 0 Å². The molecule has 0 aliphatic carbocycles. The lowest BCUT2D eigenvalue weighted by Gasteiger charge is -2.14. The maximum atomic E-state index is 13.3. The Bertz CT molecular complexity index is 1190. The first-order chi connectivity index (χ1) is 12.6. The van der Waals surface area contributed by atoms with E-state index in [1.165, 1.54) is 6.20 Å². The van der Waals surface area contributed by atoms with Crippen LogP contribution in [-0.4, -0.2) is 13.4 Å². The average molecular weight is 380 g/mol. The molecule has 128 valence electrons. The van der Waals surface area contributed by atoms with E-state index >= 15 is 0 Å². The number of rotatable bonds is 3. The highest BCUT2D eigenvalue weighted by atomic mass is 35.5. The zero-order chi connectivity index (χ0) is 18.1. The Balaban J connectivity index is 2.07. The number of nitrogens with zero attached hydrogens (tertiary/aromatic N) is 1. The first-order valence-electron chi connectivity index (χ1n) is 8.01. The van der Waals surface area contributed by atoms with Gasteiger partial charge in [-0.3, -0.25) is 4.98 Å². The zero-order valence-corrected chi connectivity index (χ0v) is 15.2. The highest BCUT2D eigenvalue weighted by molar-refractivity contribution is 7.91. The fraction of sp³-hybridized carbons (Fsp3) is 0. The predicted octanol–water partition coefficient (Wildman–Crippen LogP) is 5.39. The van der Waals surface area contributed by atoms with Crippen molar-refractivity contribution in [3.8, 4) is 11.1 Å². The Morgan fingerprint density at radius 2 is 1.42 bits per heavy atom. The fourth-order valence-corrected chi connectivity index (χ4v) is 4.55. The third-order valence-electron chi connectivity index (χ3n) is 4.22. The summed E-state index contributed by atoms with van der Waals surface area (Å²) in [5.74, 6) is 0. The Morgan fingerprint density at radius 3 is 2.15 bits per heavy atom. The van der Waals surface area contributed by atoms with Gasteiger partial charge >= 0.3 is 0 Å². The summed E-state index contributed by atoms with van der Waals surface area (Å²) in [6.45, 7) is 0. The molecule has 0 saturated carbocycles. The molecule has 0 radical (unpaired) electrons. The standard InChI is InChI=1S/C21H14ClNO2S/c22-16-12-10-15(11-13-16)21-18-8-4-5-9-19(18)23-14-20(21)26(24,25)17-6-2-1-3-7-17/h1-14H. The summed E-state index contributed by atoms with van der Waals surface area (Å²) < 4.78 is 26.5. The largest absolute Gasteiger partial charge is 0.255 e. The van der Waals surface area contributed by atoms with Crippen LogP contribution in [0.1, 0.15) is 0 Å². The molecule has 0 spiro atoms. The van der Waals surface area contributed by atoms with E-state index in [9.17, 15) is 8.42 Å². The Hall–Kier alpha value is -2.69. The first-order valence-corrected chi connectivity index (χ1v) is 9.87. The van der Waals surface area contributed by atoms with Gasteiger partial charge < -0.3 is 0 Å². The molecule has 0 atom stereocenters. The zero-order valence-electron chi connectivity index (χ0n) is 13.6. The van der Waals surface area contributed by atoms with Crippen LogP contribution in [0.25, 0.3) is 22.0 Å². The van der Waals surface area contributed by atoms with Crippen LogP contribution in [0.2, 0.25) is 5.02 Å². The molecule has 4 aromatic rings. The fourth-order valence-electron chi connectivity index (χ4n) is 2.97. The lowest BCUT2D eigenvalue weighted by atomic mass is 10.0. The van der Waals surface area contributed by atoms with E-state index in [1.54, 1.807) is 42.5 Å². The van der Waals surface area contributed by atoms with Crippen LogP contribution in [-0.2, 0) is 9.84 Å². The maximum absolute atomic E-state index is 13.3. The highest BCUT2D eigenvalue weighted by Gasteiger charge is 2.24. The topological polar surface area (TPSA) is 47.0 Å². The van der Waals surface area contributed by atoms with Crippen molar-refractivity contribution in [2.45, 2.75) is 9.79 Å². The molecule has 0 unspecified atom stereocenters. The van der Waals surface area contributed by atoms with Crippen molar-refractivity contribution in [1.29, 1.82) is 0 Å². The van der Waals surface area contributed by atoms with Gasteiger partial charge in [0.1, 0.15) is 0 Å². The van der Waals surface area contributed by atoms with Crippen LogP contribution in [0.4, 0.5) is 0 Å². The van der Waals surface area contributed by atoms with Crippen molar-refractivity contribution < 1.29 is 8.42 Å². The van der Waals surface area contributed by atoms with Crippen molar-refractivity contribution >= 4 is 32.3 Å². The molecule has 3 nitrogen and oxygen atoms in total. The van der Waals surface area contributed by atoms with E-state index in [-0.39, 0.29) is 9.79 Å². The molecular formula is C21H14ClNO2S. The van der Waals surface area contributed by atoms with Crippen molar-refractivity contribution in [2.75, 3.05) is 0 Å². The van der Waals surface area contributed by atoms with Gasteiger partial charge in [-0.1, -0.05) is 60.1 Å². The third-order valence-corrected chi connectivity index (χ3v) is 6.25. The third kappa shape index (κ3) is 2.87. The minimum absolute atomic E-state index is 0.185. The van der Waals surface area contributed by atoms with Crippen molar-refractivity contribution in [3.05, 3.63) is 90.1 Å². The minimum Gasteiger partial charge on any atom is -0.255 e. The number of para-hydroxylation sites is 1.